The molecule has 0 aliphatic carbocycles. The number of quaternary nitrogens is 1. The van der Waals surface area contributed by atoms with Gasteiger partial charge in [-0.05, 0) is 44.9 Å². The van der Waals surface area contributed by atoms with E-state index in [1.165, 1.54) is 25.7 Å². The molecule has 0 rings (SSSR count). The first-order chi connectivity index (χ1) is 15.2. The summed E-state index contributed by atoms with van der Waals surface area (Å²) >= 11 is 0. The first-order valence-corrected chi connectivity index (χ1v) is 12.1. The van der Waals surface area contributed by atoms with Crippen LogP contribution in [-0.2, 0) is 14.3 Å². The number of hydrogen-bond acceptors (Lipinski definition) is 3. The largest absolute Gasteiger partial charge is 0.481 e. The lowest BCUT2D eigenvalue weighted by molar-refractivity contribution is -0.873. The zero-order chi connectivity index (χ0) is 24.1. The minimum Gasteiger partial charge on any atom is -0.481 e. The van der Waals surface area contributed by atoms with Gasteiger partial charge in [-0.25, -0.2) is 0 Å². The number of carbonyl (C=O) groups excluding carboxylic acids is 1. The number of unbranched alkanes of at least 4 members (excludes halogenated alkanes) is 4. The fraction of sp³-hybridized carbons (Fsp3) is 0.630. The highest BCUT2D eigenvalue weighted by molar-refractivity contribution is 5.71. The first-order valence-electron chi connectivity index (χ1n) is 12.1. The maximum absolute atomic E-state index is 12.0. The third kappa shape index (κ3) is 22.5. The number of carboxylic acids is 1. The minimum atomic E-state index is -0.947. The number of carbonyl (C=O) groups is 2. The Kier molecular flexibility index (Phi) is 18.2. The summed E-state index contributed by atoms with van der Waals surface area (Å²) in [4.78, 5) is 23.0. The quantitative estimate of drug-likeness (QED) is 0.110. The van der Waals surface area contributed by atoms with Gasteiger partial charge < -0.3 is 14.3 Å². The van der Waals surface area contributed by atoms with E-state index >= 15 is 0 Å². The lowest BCUT2D eigenvalue weighted by atomic mass is 10.2. The van der Waals surface area contributed by atoms with E-state index in [-0.39, 0.29) is 12.4 Å². The van der Waals surface area contributed by atoms with Crippen LogP contribution in [0.15, 0.2) is 48.6 Å². The summed E-state index contributed by atoms with van der Waals surface area (Å²) < 4.78 is 5.93. The van der Waals surface area contributed by atoms with E-state index in [0.717, 1.165) is 25.7 Å². The average Bonchev–Trinajstić information content (AvgIpc) is 2.68. The van der Waals surface area contributed by atoms with Crippen LogP contribution in [0.4, 0.5) is 0 Å². The molecule has 0 aliphatic heterocycles. The Hall–Kier alpha value is -2.14. The molecule has 0 aromatic rings. The second-order valence-corrected chi connectivity index (χ2v) is 9.16. The zero-order valence-electron chi connectivity index (χ0n) is 20.8. The molecular weight excluding hydrogens is 402 g/mol. The number of ether oxygens (including phenoxy) is 1. The van der Waals surface area contributed by atoms with Gasteiger partial charge in [0, 0.05) is 6.42 Å². The molecule has 1 atom stereocenters. The molecule has 0 amide bonds. The van der Waals surface area contributed by atoms with Crippen molar-refractivity contribution < 1.29 is 23.9 Å². The Morgan fingerprint density at radius 2 is 1.31 bits per heavy atom. The molecular formula is C27H46NO4+. The summed E-state index contributed by atoms with van der Waals surface area (Å²) in [6.45, 7) is 2.71. The van der Waals surface area contributed by atoms with Crippen LogP contribution in [0.1, 0.15) is 77.6 Å². The summed E-state index contributed by atoms with van der Waals surface area (Å²) in [5.41, 5.74) is 0. The van der Waals surface area contributed by atoms with Gasteiger partial charge in [0.2, 0.25) is 0 Å². The summed E-state index contributed by atoms with van der Waals surface area (Å²) in [6.07, 6.45) is 26.4. The number of likely N-dealkylation sites (N-methyl/N-ethyl adjacent to an activating group) is 1. The maximum Gasteiger partial charge on any atom is 0.307 e. The van der Waals surface area contributed by atoms with Gasteiger partial charge in [0.05, 0.1) is 27.6 Å². The van der Waals surface area contributed by atoms with Gasteiger partial charge >= 0.3 is 11.9 Å². The summed E-state index contributed by atoms with van der Waals surface area (Å²) in [5.74, 6) is -1.27. The molecule has 0 saturated heterocycles. The summed E-state index contributed by atoms with van der Waals surface area (Å²) in [5, 5.41) is 9.01. The van der Waals surface area contributed by atoms with E-state index in [1.54, 1.807) is 0 Å². The minimum absolute atomic E-state index is 0.154. The van der Waals surface area contributed by atoms with Crippen molar-refractivity contribution >= 4 is 11.9 Å². The first kappa shape index (κ1) is 29.9. The summed E-state index contributed by atoms with van der Waals surface area (Å²) in [7, 11) is 5.85. The van der Waals surface area contributed by atoms with Gasteiger partial charge in [0.15, 0.2) is 6.10 Å². The Balaban J connectivity index is 3.86. The van der Waals surface area contributed by atoms with Crippen LogP contribution in [0, 0.1) is 0 Å². The molecule has 0 saturated carbocycles. The van der Waals surface area contributed by atoms with Crippen LogP contribution in [0.25, 0.3) is 0 Å². The standard InChI is InChI=1S/C27H45NO4/c1-5-6-7-8-9-10-11-12-13-14-15-16-17-18-19-20-21-22-27(31)32-25(23-26(29)30)24-28(2,3)4/h9-10,12-13,15-16,18-19,25H,5-8,11,14,17,20-24H2,1-4H3/p+1. The summed E-state index contributed by atoms with van der Waals surface area (Å²) in [6, 6.07) is 0. The van der Waals surface area contributed by atoms with Gasteiger partial charge in [0.25, 0.3) is 0 Å². The number of hydrogen-bond donors (Lipinski definition) is 1. The molecule has 1 unspecified atom stereocenters. The van der Waals surface area contributed by atoms with Gasteiger partial charge in [0.1, 0.15) is 6.54 Å². The molecule has 5 nitrogen and oxygen atoms in total. The molecule has 32 heavy (non-hydrogen) atoms. The van der Waals surface area contributed by atoms with Crippen molar-refractivity contribution in [1.82, 2.24) is 0 Å². The third-order valence-corrected chi connectivity index (χ3v) is 4.66. The molecule has 182 valence electrons. The SMILES string of the molecule is CCCCCC=CCC=CCC=CCC=CCCCC(=O)OC(CC(=O)O)C[N+](C)(C)C. The molecule has 0 heterocycles. The maximum atomic E-state index is 12.0. The fourth-order valence-corrected chi connectivity index (χ4v) is 3.12. The Morgan fingerprint density at radius 3 is 1.78 bits per heavy atom. The van der Waals surface area contributed by atoms with Crippen molar-refractivity contribution in [3.05, 3.63) is 48.6 Å². The van der Waals surface area contributed by atoms with E-state index in [0.29, 0.717) is 23.9 Å². The van der Waals surface area contributed by atoms with Crippen LogP contribution in [0.3, 0.4) is 0 Å². The topological polar surface area (TPSA) is 63.6 Å². The highest BCUT2D eigenvalue weighted by Gasteiger charge is 2.24. The van der Waals surface area contributed by atoms with Crippen molar-refractivity contribution in [2.24, 2.45) is 0 Å². The van der Waals surface area contributed by atoms with Crippen LogP contribution >= 0.6 is 0 Å². The molecule has 0 aliphatic rings. The average molecular weight is 449 g/mol. The van der Waals surface area contributed by atoms with Crippen LogP contribution in [0.2, 0.25) is 0 Å². The molecule has 1 N–H and O–H groups in total. The lowest BCUT2D eigenvalue weighted by Gasteiger charge is -2.28. The highest BCUT2D eigenvalue weighted by atomic mass is 16.5. The van der Waals surface area contributed by atoms with Crippen molar-refractivity contribution in [3.63, 3.8) is 0 Å². The lowest BCUT2D eigenvalue weighted by Crippen LogP contribution is -2.43. The molecule has 0 radical (unpaired) electrons. The van der Waals surface area contributed by atoms with Crippen molar-refractivity contribution in [3.8, 4) is 0 Å². The van der Waals surface area contributed by atoms with E-state index < -0.39 is 12.1 Å². The smallest absolute Gasteiger partial charge is 0.307 e. The van der Waals surface area contributed by atoms with Crippen molar-refractivity contribution in [1.29, 1.82) is 0 Å². The van der Waals surface area contributed by atoms with Gasteiger partial charge in [-0.1, -0.05) is 68.4 Å². The van der Waals surface area contributed by atoms with E-state index in [9.17, 15) is 9.59 Å². The van der Waals surface area contributed by atoms with Gasteiger partial charge in [-0.2, -0.15) is 0 Å². The molecule has 0 bridgehead atoms. The predicted octanol–water partition coefficient (Wildman–Crippen LogP) is 6.22. The predicted molar refractivity (Wildman–Crippen MR) is 133 cm³/mol. The highest BCUT2D eigenvalue weighted by Crippen LogP contribution is 2.08. The van der Waals surface area contributed by atoms with E-state index in [2.05, 4.69) is 55.5 Å². The number of carboxylic acid groups (broad SMARTS) is 1. The van der Waals surface area contributed by atoms with Gasteiger partial charge in [-0.3, -0.25) is 9.59 Å². The molecule has 0 fully saturated rings. The van der Waals surface area contributed by atoms with Crippen molar-refractivity contribution in [2.75, 3.05) is 27.7 Å². The number of aliphatic carboxylic acids is 1. The molecule has 0 aromatic heterocycles. The number of esters is 1. The van der Waals surface area contributed by atoms with Crippen LogP contribution < -0.4 is 0 Å². The Bertz CT molecular complexity index is 612. The van der Waals surface area contributed by atoms with Crippen LogP contribution in [-0.4, -0.2) is 55.3 Å². The second kappa shape index (κ2) is 19.5. The number of rotatable bonds is 19. The number of nitrogens with zero attached hydrogens (tertiary/aromatic N) is 1. The third-order valence-electron chi connectivity index (χ3n) is 4.66. The molecule has 5 heteroatoms. The van der Waals surface area contributed by atoms with E-state index in [4.69, 9.17) is 9.84 Å². The molecule has 0 aromatic carbocycles. The second-order valence-electron chi connectivity index (χ2n) is 9.16. The Labute approximate surface area is 196 Å². The van der Waals surface area contributed by atoms with E-state index in [1.807, 2.05) is 21.1 Å². The normalized spacial score (nSPS) is 13.6. The Morgan fingerprint density at radius 1 is 0.812 bits per heavy atom. The van der Waals surface area contributed by atoms with Crippen LogP contribution in [0.5, 0.6) is 0 Å². The zero-order valence-corrected chi connectivity index (χ0v) is 20.8. The van der Waals surface area contributed by atoms with Crippen molar-refractivity contribution in [2.45, 2.75) is 83.7 Å². The monoisotopic (exact) mass is 448 g/mol. The van der Waals surface area contributed by atoms with Gasteiger partial charge in [-0.15, -0.1) is 0 Å². The molecule has 0 spiro atoms. The fourth-order valence-electron chi connectivity index (χ4n) is 3.12. The number of allylic oxidation sites excluding steroid dienone is 8.